The standard InChI is InChI=1S/C30H28N4O4S/c1-34-16-22(29(36)31-15-17-4-11-25(37-2)26(12-17)38-3)21-13-19(8-10-24(21)34)20-7-9-23-27(14-20)39-30(32-23)33-28(35)18-5-6-18/h4,7-14,16,18H,5-6,15H2,1-3H3,(H,31,36)(H,32,33,35). The Morgan fingerprint density at radius 3 is 2.54 bits per heavy atom. The van der Waals surface area contributed by atoms with Gasteiger partial charge in [0.15, 0.2) is 16.6 Å². The summed E-state index contributed by atoms with van der Waals surface area (Å²) >= 11 is 1.48. The molecule has 1 saturated carbocycles. The number of nitrogens with zero attached hydrogens (tertiary/aromatic N) is 2. The lowest BCUT2D eigenvalue weighted by Crippen LogP contribution is -2.22. The first-order valence-corrected chi connectivity index (χ1v) is 13.5. The number of thiazole rings is 1. The number of ether oxygens (including phenoxy) is 2. The van der Waals surface area contributed by atoms with Crippen LogP contribution in [0, 0.1) is 5.92 Å². The topological polar surface area (TPSA) is 94.5 Å². The monoisotopic (exact) mass is 540 g/mol. The lowest BCUT2D eigenvalue weighted by atomic mass is 10.0. The number of methoxy groups -OCH3 is 2. The Morgan fingerprint density at radius 2 is 1.77 bits per heavy atom. The van der Waals surface area contributed by atoms with E-state index < -0.39 is 0 Å². The summed E-state index contributed by atoms with van der Waals surface area (Å²) in [6.45, 7) is 0.358. The lowest BCUT2D eigenvalue weighted by Gasteiger charge is -2.10. The smallest absolute Gasteiger partial charge is 0.253 e. The molecule has 0 bridgehead atoms. The maximum Gasteiger partial charge on any atom is 0.253 e. The fourth-order valence-electron chi connectivity index (χ4n) is 4.73. The maximum atomic E-state index is 13.3. The SMILES string of the molecule is COc1ccc(CNC(=O)c2cn(C)c3ccc(-c4ccc5nc(NC(=O)C6CC6)sc5c4)cc23)cc1OC. The van der Waals surface area contributed by atoms with Gasteiger partial charge in [-0.05, 0) is 65.9 Å². The van der Waals surface area contributed by atoms with Gasteiger partial charge in [-0.2, -0.15) is 0 Å². The molecule has 198 valence electrons. The molecule has 2 N–H and O–H groups in total. The van der Waals surface area contributed by atoms with E-state index in [0.29, 0.717) is 28.7 Å². The summed E-state index contributed by atoms with van der Waals surface area (Å²) in [7, 11) is 5.12. The Hall–Kier alpha value is -4.37. The van der Waals surface area contributed by atoms with E-state index in [1.165, 1.54) is 11.3 Å². The Kier molecular flexibility index (Phi) is 6.44. The van der Waals surface area contributed by atoms with Gasteiger partial charge in [-0.15, -0.1) is 0 Å². The molecule has 39 heavy (non-hydrogen) atoms. The second kappa shape index (κ2) is 10.1. The van der Waals surface area contributed by atoms with Gasteiger partial charge in [0, 0.05) is 36.6 Å². The summed E-state index contributed by atoms with van der Waals surface area (Å²) in [6, 6.07) is 17.8. The van der Waals surface area contributed by atoms with E-state index in [9.17, 15) is 9.59 Å². The third-order valence-electron chi connectivity index (χ3n) is 7.04. The van der Waals surface area contributed by atoms with Crippen LogP contribution in [-0.2, 0) is 18.4 Å². The van der Waals surface area contributed by atoms with Crippen LogP contribution < -0.4 is 20.1 Å². The van der Waals surface area contributed by atoms with Crippen LogP contribution in [0.3, 0.4) is 0 Å². The van der Waals surface area contributed by atoms with Crippen molar-refractivity contribution in [1.82, 2.24) is 14.9 Å². The van der Waals surface area contributed by atoms with Crippen LogP contribution >= 0.6 is 11.3 Å². The highest BCUT2D eigenvalue weighted by Gasteiger charge is 2.30. The van der Waals surface area contributed by atoms with Gasteiger partial charge in [0.1, 0.15) is 0 Å². The zero-order chi connectivity index (χ0) is 27.1. The van der Waals surface area contributed by atoms with Crippen molar-refractivity contribution in [3.05, 3.63) is 71.9 Å². The maximum absolute atomic E-state index is 13.3. The summed E-state index contributed by atoms with van der Waals surface area (Å²) in [4.78, 5) is 30.0. The minimum atomic E-state index is -0.151. The number of fused-ring (bicyclic) bond motifs is 2. The third kappa shape index (κ3) is 4.93. The predicted molar refractivity (Wildman–Crippen MR) is 154 cm³/mol. The average Bonchev–Trinajstić information content (AvgIpc) is 3.66. The number of hydrogen-bond donors (Lipinski definition) is 2. The molecule has 8 nitrogen and oxygen atoms in total. The molecule has 1 fully saturated rings. The van der Waals surface area contributed by atoms with Crippen molar-refractivity contribution < 1.29 is 19.1 Å². The number of anilines is 1. The Bertz CT molecular complexity index is 1730. The number of aryl methyl sites for hydroxylation is 1. The van der Waals surface area contributed by atoms with Crippen LogP contribution in [0.1, 0.15) is 28.8 Å². The summed E-state index contributed by atoms with van der Waals surface area (Å²) in [6.07, 6.45) is 3.78. The van der Waals surface area contributed by atoms with Gasteiger partial charge >= 0.3 is 0 Å². The van der Waals surface area contributed by atoms with Crippen molar-refractivity contribution in [2.24, 2.45) is 13.0 Å². The van der Waals surface area contributed by atoms with Gasteiger partial charge in [-0.3, -0.25) is 9.59 Å². The van der Waals surface area contributed by atoms with Crippen molar-refractivity contribution in [1.29, 1.82) is 0 Å². The molecule has 9 heteroatoms. The highest BCUT2D eigenvalue weighted by Crippen LogP contribution is 2.35. The molecule has 1 aliphatic rings. The van der Waals surface area contributed by atoms with Crippen LogP contribution in [0.15, 0.2) is 60.8 Å². The number of carbonyl (C=O) groups is 2. The molecule has 0 aliphatic heterocycles. The second-order valence-electron chi connectivity index (χ2n) is 9.72. The van der Waals surface area contributed by atoms with Gasteiger partial charge in [-0.25, -0.2) is 4.98 Å². The first kappa shape index (κ1) is 24.9. The molecule has 1 aliphatic carbocycles. The quantitative estimate of drug-likeness (QED) is 0.261. The highest BCUT2D eigenvalue weighted by molar-refractivity contribution is 7.22. The number of aromatic nitrogens is 2. The second-order valence-corrected chi connectivity index (χ2v) is 10.8. The minimum absolute atomic E-state index is 0.0562. The van der Waals surface area contributed by atoms with E-state index in [4.69, 9.17) is 9.47 Å². The Labute approximate surface area is 229 Å². The lowest BCUT2D eigenvalue weighted by molar-refractivity contribution is -0.117. The molecular weight excluding hydrogens is 512 g/mol. The van der Waals surface area contributed by atoms with Crippen LogP contribution in [0.5, 0.6) is 11.5 Å². The number of nitrogens with one attached hydrogen (secondary N) is 2. The predicted octanol–water partition coefficient (Wildman–Crippen LogP) is 5.75. The van der Waals surface area contributed by atoms with Crippen LogP contribution in [0.25, 0.3) is 32.2 Å². The number of benzene rings is 3. The summed E-state index contributed by atoms with van der Waals surface area (Å²) in [5, 5.41) is 7.48. The molecular formula is C30H28N4O4S. The van der Waals surface area contributed by atoms with Crippen molar-refractivity contribution >= 4 is 49.4 Å². The molecule has 2 aromatic heterocycles. The largest absolute Gasteiger partial charge is 0.493 e. The molecule has 2 heterocycles. The van der Waals surface area contributed by atoms with E-state index in [1.807, 2.05) is 54.2 Å². The number of amides is 2. The molecule has 0 spiro atoms. The van der Waals surface area contributed by atoms with E-state index >= 15 is 0 Å². The number of hydrogen-bond acceptors (Lipinski definition) is 6. The number of carbonyl (C=O) groups excluding carboxylic acids is 2. The molecule has 0 atom stereocenters. The molecule has 0 unspecified atom stereocenters. The normalized spacial score (nSPS) is 13.0. The molecule has 3 aromatic carbocycles. The minimum Gasteiger partial charge on any atom is -0.493 e. The molecule has 5 aromatic rings. The Morgan fingerprint density at radius 1 is 1.00 bits per heavy atom. The first-order chi connectivity index (χ1) is 18.9. The number of rotatable bonds is 8. The third-order valence-corrected chi connectivity index (χ3v) is 7.97. The Balaban J connectivity index is 1.25. The van der Waals surface area contributed by atoms with E-state index in [0.717, 1.165) is 50.7 Å². The van der Waals surface area contributed by atoms with Crippen LogP contribution in [0.2, 0.25) is 0 Å². The van der Waals surface area contributed by atoms with Gasteiger partial charge < -0.3 is 24.7 Å². The highest BCUT2D eigenvalue weighted by atomic mass is 32.1. The van der Waals surface area contributed by atoms with E-state index in [2.05, 4.69) is 33.8 Å². The van der Waals surface area contributed by atoms with Crippen LogP contribution in [0.4, 0.5) is 5.13 Å². The van der Waals surface area contributed by atoms with E-state index in [1.54, 1.807) is 14.2 Å². The van der Waals surface area contributed by atoms with Crippen molar-refractivity contribution in [3.8, 4) is 22.6 Å². The van der Waals surface area contributed by atoms with Gasteiger partial charge in [0.25, 0.3) is 5.91 Å². The van der Waals surface area contributed by atoms with Crippen molar-refractivity contribution in [2.45, 2.75) is 19.4 Å². The van der Waals surface area contributed by atoms with Crippen molar-refractivity contribution in [2.75, 3.05) is 19.5 Å². The summed E-state index contributed by atoms with van der Waals surface area (Å²) in [5.41, 5.74) is 5.37. The van der Waals surface area contributed by atoms with Crippen molar-refractivity contribution in [3.63, 3.8) is 0 Å². The fourth-order valence-corrected chi connectivity index (χ4v) is 5.64. The molecule has 0 saturated heterocycles. The molecule has 0 radical (unpaired) electrons. The summed E-state index contributed by atoms with van der Waals surface area (Å²) in [5.74, 6) is 1.30. The van der Waals surface area contributed by atoms with Crippen LogP contribution in [-0.4, -0.2) is 35.6 Å². The first-order valence-electron chi connectivity index (χ1n) is 12.7. The van der Waals surface area contributed by atoms with Gasteiger partial charge in [0.05, 0.1) is 30.0 Å². The van der Waals surface area contributed by atoms with E-state index in [-0.39, 0.29) is 17.7 Å². The molecule has 2 amide bonds. The zero-order valence-corrected chi connectivity index (χ0v) is 22.7. The molecule has 6 rings (SSSR count). The fraction of sp³-hybridized carbons (Fsp3) is 0.233. The summed E-state index contributed by atoms with van der Waals surface area (Å²) < 4.78 is 13.6. The van der Waals surface area contributed by atoms with Gasteiger partial charge in [0.2, 0.25) is 5.91 Å². The van der Waals surface area contributed by atoms with Gasteiger partial charge in [-0.1, -0.05) is 29.5 Å². The average molecular weight is 541 g/mol. The zero-order valence-electron chi connectivity index (χ0n) is 21.9.